The number of unbranched alkanes of at least 4 members (excludes halogenated alkanes) is 1. The highest BCUT2D eigenvalue weighted by atomic mass is 35.5. The van der Waals surface area contributed by atoms with E-state index in [1.54, 1.807) is 13.8 Å². The summed E-state index contributed by atoms with van der Waals surface area (Å²) < 4.78 is 69.1. The molecule has 9 atom stereocenters. The molecule has 4 N–H and O–H groups in total. The van der Waals surface area contributed by atoms with Crippen LogP contribution in [0, 0.1) is 35.5 Å². The van der Waals surface area contributed by atoms with Crippen LogP contribution in [-0.2, 0) is 57.5 Å². The Hall–Kier alpha value is -6.42. The largest absolute Gasteiger partial charge is 0.391 e. The fraction of sp³-hybridized carbons (Fsp3) is 0.833. The Morgan fingerprint density at radius 1 is 0.529 bits per heavy atom. The molecule has 0 unspecified atom stereocenters. The Balaban J connectivity index is 1.62. The Morgan fingerprint density at radius 2 is 1.09 bits per heavy atom. The van der Waals surface area contributed by atoms with E-state index >= 15 is 19.2 Å². The molecule has 0 spiro atoms. The minimum Gasteiger partial charge on any atom is -0.343 e. The van der Waals surface area contributed by atoms with Crippen LogP contribution in [0.5, 0.6) is 0 Å². The standard InChI is InChI=1S/C72H118ClF5N12O12/c1-13-45(4)63-71(102)85(8)42-61(93)83(6)43-62(94)87(10)56(39-49-27-32-51(73)33-28-49)69(100)84(7)41-59(91)79-52(34-29-47-25-30-50(31-26-47)72(76,77)78)65(96)80-53(23-17-18-24-58(74)75)67(98)89(12)57(38-48-21-15-14-16-22-48)70(101)88(11)55(37-44(2)3)66(97)81-54(68(99)90-35-19-20-36-90)40-60(92)86(9)46(5)64(95)82-63/h44-58,63H,13-43H2,1-12H3,(H,79,91)(H,80,96)(H,81,97)(H,82,95)/t45-,46-,47?,49?,50?,51?,52-,53-,54-,55-,56-,57-,63-/m0/s1. The zero-order valence-corrected chi connectivity index (χ0v) is 63.2. The molecule has 0 radical (unpaired) electrons. The van der Waals surface area contributed by atoms with Crippen molar-refractivity contribution in [1.82, 2.24) is 60.5 Å². The average molecular weight is 1470 g/mol. The molecule has 30 heteroatoms. The van der Waals surface area contributed by atoms with E-state index in [4.69, 9.17) is 11.6 Å². The minimum absolute atomic E-state index is 0.0180. The lowest BCUT2D eigenvalue weighted by Gasteiger charge is -2.38. The monoisotopic (exact) mass is 1470 g/mol. The molecular formula is C72H118ClF5N12O12. The van der Waals surface area contributed by atoms with E-state index in [0.717, 1.165) is 38.9 Å². The molecule has 102 heavy (non-hydrogen) atoms. The fourth-order valence-corrected chi connectivity index (χ4v) is 15.1. The summed E-state index contributed by atoms with van der Waals surface area (Å²) in [6.07, 6.45) is -0.126. The molecule has 5 aliphatic rings. The first-order chi connectivity index (χ1) is 47.9. The van der Waals surface area contributed by atoms with Gasteiger partial charge in [0, 0.05) is 74.2 Å². The van der Waals surface area contributed by atoms with E-state index in [1.807, 2.05) is 13.8 Å². The number of nitrogens with zero attached hydrogens (tertiary/aromatic N) is 8. The molecule has 12 amide bonds. The van der Waals surface area contributed by atoms with E-state index in [2.05, 4.69) is 21.3 Å². The number of carbonyl (C=O) groups is 12. The molecule has 24 nitrogen and oxygen atoms in total. The molecule has 2 aliphatic heterocycles. The number of rotatable bonds is 17. The topological polar surface area (TPSA) is 279 Å². The van der Waals surface area contributed by atoms with Crippen molar-refractivity contribution in [2.75, 3.05) is 82.1 Å². The SMILES string of the molecule is CC[C@H](C)[C@@H]1NC(=O)[C@H](C)N(C)C(=O)C[C@@H](C(=O)N2CCCC2)NC(=O)[C@H](CC(C)C)N(C)C(=O)[C@H](CC2CCCCC2)N(C)C(=O)[C@H](CCCCC(F)F)NC(=O)[C@H](CCC2CCC(C(F)(F)F)CC2)NC(=O)CN(C)C(=O)[C@H](CC2CCC(Cl)CC2)N(C)C(=O)CN(C)C(=O)CN(C)C1=O. The maximum Gasteiger partial charge on any atom is 0.391 e. The maximum atomic E-state index is 15.6. The number of hydrogen-bond acceptors (Lipinski definition) is 12. The minimum atomic E-state index is -4.41. The van der Waals surface area contributed by atoms with E-state index in [0.29, 0.717) is 70.9 Å². The normalized spacial score (nSPS) is 29.2. The third-order valence-corrected chi connectivity index (χ3v) is 22.6. The van der Waals surface area contributed by atoms with Crippen LogP contribution < -0.4 is 21.3 Å². The van der Waals surface area contributed by atoms with Gasteiger partial charge < -0.3 is 60.5 Å². The first-order valence-corrected chi connectivity index (χ1v) is 37.6. The van der Waals surface area contributed by atoms with E-state index < -0.39 is 176 Å². The first-order valence-electron chi connectivity index (χ1n) is 37.2. The molecule has 5 fully saturated rings. The van der Waals surface area contributed by atoms with Gasteiger partial charge in [-0.1, -0.05) is 72.6 Å². The third-order valence-electron chi connectivity index (χ3n) is 22.1. The van der Waals surface area contributed by atoms with Crippen LogP contribution in [0.4, 0.5) is 22.0 Å². The lowest BCUT2D eigenvalue weighted by Crippen LogP contribution is -2.60. The number of carbonyl (C=O) groups excluding carboxylic acids is 12. The van der Waals surface area contributed by atoms with Gasteiger partial charge in [-0.2, -0.15) is 13.2 Å². The molecule has 0 bridgehead atoms. The van der Waals surface area contributed by atoms with E-state index in [1.165, 1.54) is 75.9 Å². The zero-order chi connectivity index (χ0) is 76.0. The maximum absolute atomic E-state index is 15.6. The smallest absolute Gasteiger partial charge is 0.343 e. The molecule has 0 aromatic heterocycles. The second-order valence-electron chi connectivity index (χ2n) is 30.4. The molecule has 2 saturated heterocycles. The van der Waals surface area contributed by atoms with Gasteiger partial charge in [-0.05, 0) is 146 Å². The number of alkyl halides is 6. The quantitative estimate of drug-likeness (QED) is 0.0659. The van der Waals surface area contributed by atoms with Crippen LogP contribution >= 0.6 is 11.6 Å². The lowest BCUT2D eigenvalue weighted by molar-refractivity contribution is -0.184. The highest BCUT2D eigenvalue weighted by molar-refractivity contribution is 6.20. The highest BCUT2D eigenvalue weighted by Gasteiger charge is 2.45. The molecule has 5 rings (SSSR count). The third kappa shape index (κ3) is 25.7. The summed E-state index contributed by atoms with van der Waals surface area (Å²) in [5.41, 5.74) is 0. The predicted molar refractivity (Wildman–Crippen MR) is 374 cm³/mol. The number of likely N-dealkylation sites (N-methyl/N-ethyl adjacent to an activating group) is 7. The molecule has 3 aliphatic carbocycles. The van der Waals surface area contributed by atoms with E-state index in [-0.39, 0.29) is 106 Å². The zero-order valence-electron chi connectivity index (χ0n) is 62.4. The van der Waals surface area contributed by atoms with Crippen molar-refractivity contribution in [2.45, 2.75) is 268 Å². The van der Waals surface area contributed by atoms with Crippen molar-refractivity contribution >= 4 is 82.5 Å². The van der Waals surface area contributed by atoms with Gasteiger partial charge in [0.1, 0.15) is 48.3 Å². The summed E-state index contributed by atoms with van der Waals surface area (Å²) in [7, 11) is 9.55. The fourth-order valence-electron chi connectivity index (χ4n) is 14.9. The van der Waals surface area contributed by atoms with Crippen LogP contribution in [0.2, 0.25) is 0 Å². The Bertz CT molecular complexity index is 2840. The number of hydrogen-bond donors (Lipinski definition) is 4. The summed E-state index contributed by atoms with van der Waals surface area (Å²) in [5.74, 6) is -11.6. The van der Waals surface area contributed by atoms with Gasteiger partial charge in [0.05, 0.1) is 32.0 Å². The molecular weight excluding hydrogens is 1360 g/mol. The van der Waals surface area contributed by atoms with Crippen LogP contribution in [0.25, 0.3) is 0 Å². The molecule has 3 saturated carbocycles. The molecule has 0 aromatic rings. The van der Waals surface area contributed by atoms with Gasteiger partial charge in [0.15, 0.2) is 0 Å². The Labute approximate surface area is 605 Å². The van der Waals surface area contributed by atoms with Crippen molar-refractivity contribution in [3.63, 3.8) is 0 Å². The van der Waals surface area contributed by atoms with Crippen LogP contribution in [0.15, 0.2) is 0 Å². The molecule has 2 heterocycles. The van der Waals surface area contributed by atoms with Crippen LogP contribution in [0.3, 0.4) is 0 Å². The summed E-state index contributed by atoms with van der Waals surface area (Å²) >= 11 is 6.49. The van der Waals surface area contributed by atoms with Crippen molar-refractivity contribution in [1.29, 1.82) is 0 Å². The number of nitrogens with one attached hydrogen (secondary N) is 4. The molecule has 0 aromatic carbocycles. The number of amides is 12. The van der Waals surface area contributed by atoms with Crippen molar-refractivity contribution < 1.29 is 79.5 Å². The van der Waals surface area contributed by atoms with Gasteiger partial charge in [0.2, 0.25) is 77.3 Å². The van der Waals surface area contributed by atoms with E-state index in [9.17, 15) is 60.3 Å². The second-order valence-corrected chi connectivity index (χ2v) is 31.0. The van der Waals surface area contributed by atoms with Gasteiger partial charge in [-0.25, -0.2) is 8.78 Å². The summed E-state index contributed by atoms with van der Waals surface area (Å²) in [6.45, 7) is 7.45. The lowest BCUT2D eigenvalue weighted by atomic mass is 9.79. The average Bonchev–Trinajstić information content (AvgIpc) is 0.870. The van der Waals surface area contributed by atoms with Gasteiger partial charge in [0.25, 0.3) is 0 Å². The highest BCUT2D eigenvalue weighted by Crippen LogP contribution is 2.41. The number of halogens is 6. The van der Waals surface area contributed by atoms with Gasteiger partial charge in [-0.15, -0.1) is 11.6 Å². The van der Waals surface area contributed by atoms with Gasteiger partial charge in [-0.3, -0.25) is 57.5 Å². The summed E-state index contributed by atoms with van der Waals surface area (Å²) in [4.78, 5) is 186. The Kier molecular flexibility index (Phi) is 34.4. The van der Waals surface area contributed by atoms with Gasteiger partial charge >= 0.3 is 6.18 Å². The predicted octanol–water partition coefficient (Wildman–Crippen LogP) is 6.88. The van der Waals surface area contributed by atoms with Crippen molar-refractivity contribution in [3.8, 4) is 0 Å². The van der Waals surface area contributed by atoms with Crippen LogP contribution in [-0.4, -0.2) is 258 Å². The first kappa shape index (κ1) is 86.2. The van der Waals surface area contributed by atoms with Crippen molar-refractivity contribution in [2.24, 2.45) is 35.5 Å². The molecule has 580 valence electrons. The van der Waals surface area contributed by atoms with Crippen molar-refractivity contribution in [3.05, 3.63) is 0 Å². The van der Waals surface area contributed by atoms with Crippen LogP contribution in [0.1, 0.15) is 202 Å². The summed E-state index contributed by atoms with van der Waals surface area (Å²) in [6, 6.07) is -10.8. The second kappa shape index (κ2) is 40.7. The number of likely N-dealkylation sites (tertiary alicyclic amines) is 1. The Morgan fingerprint density at radius 3 is 1.67 bits per heavy atom. The summed E-state index contributed by atoms with van der Waals surface area (Å²) in [5, 5.41) is 11.0.